The van der Waals surface area contributed by atoms with Gasteiger partial charge < -0.3 is 10.4 Å². The van der Waals surface area contributed by atoms with Crippen LogP contribution in [0.2, 0.25) is 0 Å². The minimum absolute atomic E-state index is 0.102. The molecule has 0 saturated heterocycles. The Morgan fingerprint density at radius 1 is 1.26 bits per heavy atom. The van der Waals surface area contributed by atoms with Crippen molar-refractivity contribution in [2.24, 2.45) is 0 Å². The number of rotatable bonds is 7. The molecule has 0 bridgehead atoms. The normalized spacial score (nSPS) is 18.1. The summed E-state index contributed by atoms with van der Waals surface area (Å²) in [7, 11) is -1.78. The van der Waals surface area contributed by atoms with Gasteiger partial charge in [-0.15, -0.1) is 11.6 Å². The lowest BCUT2D eigenvalue weighted by molar-refractivity contribution is 0.211. The molecular formula is C16H25ClN2O3S. The minimum Gasteiger partial charge on any atom is -0.390 e. The van der Waals surface area contributed by atoms with Crippen LogP contribution in [0.25, 0.3) is 0 Å². The average Bonchev–Trinajstić information content (AvgIpc) is 2.60. The molecule has 7 heteroatoms. The van der Waals surface area contributed by atoms with E-state index in [9.17, 15) is 13.5 Å². The molecule has 1 aromatic rings. The minimum atomic E-state index is -3.46. The third-order valence-corrected chi connectivity index (χ3v) is 6.62. The van der Waals surface area contributed by atoms with E-state index in [1.807, 2.05) is 0 Å². The zero-order valence-electron chi connectivity index (χ0n) is 13.4. The SMILES string of the molecule is CN(C1CCCCC1)S(=O)(=O)c1ccc(NCC(O)CCl)cc1. The Morgan fingerprint density at radius 3 is 2.43 bits per heavy atom. The number of aliphatic hydroxyl groups excluding tert-OH is 1. The molecule has 0 aromatic heterocycles. The Balaban J connectivity index is 2.04. The number of anilines is 1. The molecule has 1 aliphatic rings. The molecule has 0 aliphatic heterocycles. The van der Waals surface area contributed by atoms with Crippen LogP contribution in [0.3, 0.4) is 0 Å². The third kappa shape index (κ3) is 4.83. The van der Waals surface area contributed by atoms with Crippen molar-refractivity contribution in [3.8, 4) is 0 Å². The van der Waals surface area contributed by atoms with Crippen LogP contribution in [0.4, 0.5) is 5.69 Å². The van der Waals surface area contributed by atoms with Gasteiger partial charge in [0.2, 0.25) is 10.0 Å². The number of nitrogens with one attached hydrogen (secondary N) is 1. The second-order valence-corrected chi connectivity index (χ2v) is 8.33. The van der Waals surface area contributed by atoms with E-state index in [1.54, 1.807) is 31.3 Å². The van der Waals surface area contributed by atoms with Gasteiger partial charge in [0.1, 0.15) is 0 Å². The predicted octanol–water partition coefficient (Wildman–Crippen LogP) is 2.65. The number of nitrogens with zero attached hydrogens (tertiary/aromatic N) is 1. The van der Waals surface area contributed by atoms with Crippen molar-refractivity contribution in [3.05, 3.63) is 24.3 Å². The summed E-state index contributed by atoms with van der Waals surface area (Å²) in [5.74, 6) is 0.158. The molecule has 0 amide bonds. The van der Waals surface area contributed by atoms with Crippen LogP contribution >= 0.6 is 11.6 Å². The van der Waals surface area contributed by atoms with Crippen LogP contribution in [-0.4, -0.2) is 49.4 Å². The van der Waals surface area contributed by atoms with Gasteiger partial charge in [0, 0.05) is 25.3 Å². The molecule has 2 N–H and O–H groups in total. The zero-order valence-corrected chi connectivity index (χ0v) is 15.0. The average molecular weight is 361 g/mol. The predicted molar refractivity (Wildman–Crippen MR) is 93.5 cm³/mol. The van der Waals surface area contributed by atoms with Gasteiger partial charge in [-0.3, -0.25) is 0 Å². The second-order valence-electron chi connectivity index (χ2n) is 6.03. The molecular weight excluding hydrogens is 336 g/mol. The molecule has 0 heterocycles. The standard InChI is InChI=1S/C16H25ClN2O3S/c1-19(14-5-3-2-4-6-14)23(21,22)16-9-7-13(8-10-16)18-12-15(20)11-17/h7-10,14-15,18,20H,2-6,11-12H2,1H3. The Morgan fingerprint density at radius 2 is 1.87 bits per heavy atom. The quantitative estimate of drug-likeness (QED) is 0.733. The molecule has 1 atom stereocenters. The lowest BCUT2D eigenvalue weighted by Gasteiger charge is -2.30. The van der Waals surface area contributed by atoms with Gasteiger partial charge in [-0.2, -0.15) is 4.31 Å². The summed E-state index contributed by atoms with van der Waals surface area (Å²) in [6.07, 6.45) is 4.63. The van der Waals surface area contributed by atoms with Gasteiger partial charge in [0.05, 0.1) is 16.9 Å². The van der Waals surface area contributed by atoms with Gasteiger partial charge in [-0.05, 0) is 37.1 Å². The van der Waals surface area contributed by atoms with Crippen LogP contribution in [-0.2, 0) is 10.0 Å². The van der Waals surface area contributed by atoms with E-state index >= 15 is 0 Å². The van der Waals surface area contributed by atoms with Crippen LogP contribution in [0.1, 0.15) is 32.1 Å². The van der Waals surface area contributed by atoms with Crippen molar-refractivity contribution < 1.29 is 13.5 Å². The van der Waals surface area contributed by atoms with Gasteiger partial charge in [-0.1, -0.05) is 19.3 Å². The highest BCUT2D eigenvalue weighted by Gasteiger charge is 2.28. The highest BCUT2D eigenvalue weighted by Crippen LogP contribution is 2.26. The highest BCUT2D eigenvalue weighted by atomic mass is 35.5. The fourth-order valence-corrected chi connectivity index (χ4v) is 4.37. The molecule has 2 rings (SSSR count). The maximum Gasteiger partial charge on any atom is 0.243 e. The summed E-state index contributed by atoms with van der Waals surface area (Å²) in [5.41, 5.74) is 0.758. The number of halogens is 1. The van der Waals surface area contributed by atoms with Crippen LogP contribution in [0.5, 0.6) is 0 Å². The summed E-state index contributed by atoms with van der Waals surface area (Å²) >= 11 is 5.54. The number of aliphatic hydroxyl groups is 1. The maximum absolute atomic E-state index is 12.7. The number of benzene rings is 1. The van der Waals surface area contributed by atoms with Gasteiger partial charge in [-0.25, -0.2) is 8.42 Å². The molecule has 5 nitrogen and oxygen atoms in total. The zero-order chi connectivity index (χ0) is 16.9. The lowest BCUT2D eigenvalue weighted by atomic mass is 9.96. The Hall–Kier alpha value is -0.820. The molecule has 130 valence electrons. The van der Waals surface area contributed by atoms with Gasteiger partial charge in [0.25, 0.3) is 0 Å². The highest BCUT2D eigenvalue weighted by molar-refractivity contribution is 7.89. The first-order chi connectivity index (χ1) is 10.9. The molecule has 1 saturated carbocycles. The molecule has 1 aliphatic carbocycles. The molecule has 1 aromatic carbocycles. The van der Waals surface area contributed by atoms with Gasteiger partial charge in [0.15, 0.2) is 0 Å². The monoisotopic (exact) mass is 360 g/mol. The maximum atomic E-state index is 12.7. The van der Waals surface area contributed by atoms with E-state index in [-0.39, 0.29) is 11.9 Å². The first-order valence-corrected chi connectivity index (χ1v) is 9.98. The van der Waals surface area contributed by atoms with E-state index in [1.165, 1.54) is 10.7 Å². The number of sulfonamides is 1. The summed E-state index contributed by atoms with van der Waals surface area (Å²) in [6, 6.07) is 6.73. The van der Waals surface area contributed by atoms with Crippen LogP contribution in [0, 0.1) is 0 Å². The van der Waals surface area contributed by atoms with Crippen LogP contribution in [0.15, 0.2) is 29.2 Å². The van der Waals surface area contributed by atoms with Crippen molar-refractivity contribution in [2.45, 2.75) is 49.1 Å². The Bertz CT molecular complexity index is 586. The van der Waals surface area contributed by atoms with Gasteiger partial charge >= 0.3 is 0 Å². The van der Waals surface area contributed by atoms with E-state index < -0.39 is 16.1 Å². The summed E-state index contributed by atoms with van der Waals surface area (Å²) < 4.78 is 26.9. The summed E-state index contributed by atoms with van der Waals surface area (Å²) in [4.78, 5) is 0.300. The molecule has 0 spiro atoms. The van der Waals surface area contributed by atoms with Crippen molar-refractivity contribution in [2.75, 3.05) is 24.8 Å². The van der Waals surface area contributed by atoms with Crippen LogP contribution < -0.4 is 5.32 Å². The second kappa shape index (κ2) is 8.33. The van der Waals surface area contributed by atoms with E-state index in [0.717, 1.165) is 31.4 Å². The summed E-state index contributed by atoms with van der Waals surface area (Å²) in [5, 5.41) is 12.4. The number of alkyl halides is 1. The first-order valence-electron chi connectivity index (χ1n) is 8.01. The van der Waals surface area contributed by atoms with Crippen molar-refractivity contribution in [1.29, 1.82) is 0 Å². The smallest absolute Gasteiger partial charge is 0.243 e. The summed E-state index contributed by atoms with van der Waals surface area (Å²) in [6.45, 7) is 0.331. The first kappa shape index (κ1) is 18.5. The number of hydrogen-bond donors (Lipinski definition) is 2. The fourth-order valence-electron chi connectivity index (χ4n) is 2.84. The van der Waals surface area contributed by atoms with Crippen molar-refractivity contribution >= 4 is 27.3 Å². The third-order valence-electron chi connectivity index (χ3n) is 4.34. The fraction of sp³-hybridized carbons (Fsp3) is 0.625. The molecule has 1 fully saturated rings. The van der Waals surface area contributed by atoms with Crippen molar-refractivity contribution in [3.63, 3.8) is 0 Å². The lowest BCUT2D eigenvalue weighted by Crippen LogP contribution is -2.38. The Labute approximate surface area is 143 Å². The largest absolute Gasteiger partial charge is 0.390 e. The molecule has 0 radical (unpaired) electrons. The molecule has 1 unspecified atom stereocenters. The van der Waals surface area contributed by atoms with E-state index in [4.69, 9.17) is 11.6 Å². The topological polar surface area (TPSA) is 69.6 Å². The van der Waals surface area contributed by atoms with Crippen molar-refractivity contribution in [1.82, 2.24) is 4.31 Å². The molecule has 23 heavy (non-hydrogen) atoms. The van der Waals surface area contributed by atoms with E-state index in [0.29, 0.717) is 11.4 Å². The Kier molecular flexibility index (Phi) is 6.71. The van der Waals surface area contributed by atoms with E-state index in [2.05, 4.69) is 5.32 Å². The number of hydrogen-bond acceptors (Lipinski definition) is 4.